The van der Waals surface area contributed by atoms with E-state index in [1.54, 1.807) is 16.7 Å². The van der Waals surface area contributed by atoms with E-state index >= 15 is 0 Å². The molecule has 14 heavy (non-hydrogen) atoms. The van der Waals surface area contributed by atoms with Crippen molar-refractivity contribution in [3.8, 4) is 0 Å². The first kappa shape index (κ1) is 9.45. The number of amides is 1. The largest absolute Gasteiger partial charge is 0.340 e. The van der Waals surface area contributed by atoms with Crippen LogP contribution in [-0.2, 0) is 17.8 Å². The highest BCUT2D eigenvalue weighted by Crippen LogP contribution is 2.17. The Morgan fingerprint density at radius 3 is 3.21 bits per heavy atom. The van der Waals surface area contributed by atoms with Crippen LogP contribution in [0.4, 0.5) is 0 Å². The maximum Gasteiger partial charge on any atom is 0.210 e. The summed E-state index contributed by atoms with van der Waals surface area (Å²) in [5.41, 5.74) is 2.16. The van der Waals surface area contributed by atoms with Crippen LogP contribution in [0.1, 0.15) is 11.3 Å². The van der Waals surface area contributed by atoms with E-state index in [1.165, 1.54) is 0 Å². The van der Waals surface area contributed by atoms with Crippen molar-refractivity contribution in [3.05, 3.63) is 17.5 Å². The Bertz CT molecular complexity index is 356. The predicted molar refractivity (Wildman–Crippen MR) is 54.0 cm³/mol. The molecule has 1 amide bonds. The molecule has 0 radical (unpaired) electrons. The summed E-state index contributed by atoms with van der Waals surface area (Å²) in [6, 6.07) is 0. The molecule has 2 rings (SSSR count). The van der Waals surface area contributed by atoms with Gasteiger partial charge < -0.3 is 4.90 Å². The molecule has 1 aromatic rings. The SMILES string of the molecule is CSc1ncc2c(n1)CCN(C=O)C2. The quantitative estimate of drug-likeness (QED) is 0.409. The average Bonchev–Trinajstić information content (AvgIpc) is 2.27. The van der Waals surface area contributed by atoms with Gasteiger partial charge in [0.05, 0.1) is 5.69 Å². The summed E-state index contributed by atoms with van der Waals surface area (Å²) >= 11 is 1.54. The van der Waals surface area contributed by atoms with Crippen molar-refractivity contribution in [1.29, 1.82) is 0 Å². The molecule has 0 aromatic carbocycles. The predicted octanol–water partition coefficient (Wildman–Crippen LogP) is 0.713. The molecule has 1 aromatic heterocycles. The smallest absolute Gasteiger partial charge is 0.210 e. The molecule has 5 heteroatoms. The van der Waals surface area contributed by atoms with E-state index in [0.717, 1.165) is 35.8 Å². The molecular weight excluding hydrogens is 198 g/mol. The topological polar surface area (TPSA) is 46.1 Å². The fourth-order valence-corrected chi connectivity index (χ4v) is 1.87. The molecule has 0 bridgehead atoms. The van der Waals surface area contributed by atoms with Crippen LogP contribution >= 0.6 is 11.8 Å². The minimum absolute atomic E-state index is 0.646. The summed E-state index contributed by atoms with van der Waals surface area (Å²) in [6.45, 7) is 1.41. The van der Waals surface area contributed by atoms with Crippen molar-refractivity contribution in [2.75, 3.05) is 12.8 Å². The second-order valence-corrected chi connectivity index (χ2v) is 3.93. The minimum atomic E-state index is 0.646. The van der Waals surface area contributed by atoms with Gasteiger partial charge in [-0.2, -0.15) is 0 Å². The van der Waals surface area contributed by atoms with Crippen LogP contribution in [0.5, 0.6) is 0 Å². The highest BCUT2D eigenvalue weighted by Gasteiger charge is 2.16. The van der Waals surface area contributed by atoms with Crippen molar-refractivity contribution in [1.82, 2.24) is 14.9 Å². The molecule has 0 saturated carbocycles. The molecular formula is C9H11N3OS. The van der Waals surface area contributed by atoms with Gasteiger partial charge in [0.1, 0.15) is 0 Å². The number of carbonyl (C=O) groups is 1. The van der Waals surface area contributed by atoms with Crippen LogP contribution in [0.3, 0.4) is 0 Å². The van der Waals surface area contributed by atoms with E-state index in [4.69, 9.17) is 0 Å². The molecule has 0 unspecified atom stereocenters. The molecule has 0 N–H and O–H groups in total. The molecule has 0 aliphatic carbocycles. The monoisotopic (exact) mass is 209 g/mol. The third-order valence-electron chi connectivity index (χ3n) is 2.27. The van der Waals surface area contributed by atoms with Crippen LogP contribution in [0, 0.1) is 0 Å². The maximum absolute atomic E-state index is 10.6. The average molecular weight is 209 g/mol. The van der Waals surface area contributed by atoms with E-state index < -0.39 is 0 Å². The van der Waals surface area contributed by atoms with Crippen molar-refractivity contribution < 1.29 is 4.79 Å². The van der Waals surface area contributed by atoms with E-state index in [9.17, 15) is 4.79 Å². The normalized spacial score (nSPS) is 15.1. The van der Waals surface area contributed by atoms with Gasteiger partial charge in [-0.05, 0) is 6.26 Å². The van der Waals surface area contributed by atoms with Crippen LogP contribution in [0.2, 0.25) is 0 Å². The van der Waals surface area contributed by atoms with E-state index in [-0.39, 0.29) is 0 Å². The molecule has 1 aliphatic rings. The number of hydrogen-bond acceptors (Lipinski definition) is 4. The zero-order valence-electron chi connectivity index (χ0n) is 7.93. The van der Waals surface area contributed by atoms with Gasteiger partial charge in [-0.15, -0.1) is 0 Å². The second kappa shape index (κ2) is 3.96. The highest BCUT2D eigenvalue weighted by molar-refractivity contribution is 7.98. The van der Waals surface area contributed by atoms with Crippen LogP contribution in [0.25, 0.3) is 0 Å². The lowest BCUT2D eigenvalue weighted by Gasteiger charge is -2.24. The number of rotatable bonds is 2. The molecule has 4 nitrogen and oxygen atoms in total. The third-order valence-corrected chi connectivity index (χ3v) is 2.83. The molecule has 1 aliphatic heterocycles. The zero-order valence-corrected chi connectivity index (χ0v) is 8.75. The number of aromatic nitrogens is 2. The van der Waals surface area contributed by atoms with Crippen molar-refractivity contribution in [2.45, 2.75) is 18.1 Å². The summed E-state index contributed by atoms with van der Waals surface area (Å²) in [4.78, 5) is 20.9. The van der Waals surface area contributed by atoms with Crippen LogP contribution < -0.4 is 0 Å². The van der Waals surface area contributed by atoms with Gasteiger partial charge >= 0.3 is 0 Å². The van der Waals surface area contributed by atoms with Crippen molar-refractivity contribution >= 4 is 18.2 Å². The van der Waals surface area contributed by atoms with Crippen LogP contribution in [-0.4, -0.2) is 34.1 Å². The van der Waals surface area contributed by atoms with Gasteiger partial charge in [0.15, 0.2) is 5.16 Å². The fraction of sp³-hybridized carbons (Fsp3) is 0.444. The van der Waals surface area contributed by atoms with Gasteiger partial charge in [0.2, 0.25) is 6.41 Å². The Kier molecular flexibility index (Phi) is 2.67. The molecule has 2 heterocycles. The van der Waals surface area contributed by atoms with Gasteiger partial charge in [0, 0.05) is 31.3 Å². The Labute approximate surface area is 86.7 Å². The summed E-state index contributed by atoms with van der Waals surface area (Å²) in [5.74, 6) is 0. The number of hydrogen-bond donors (Lipinski definition) is 0. The van der Waals surface area contributed by atoms with Gasteiger partial charge in [-0.3, -0.25) is 4.79 Å². The lowest BCUT2D eigenvalue weighted by Crippen LogP contribution is -2.30. The summed E-state index contributed by atoms with van der Waals surface area (Å²) in [5, 5.41) is 0.809. The fourth-order valence-electron chi connectivity index (χ4n) is 1.51. The Morgan fingerprint density at radius 2 is 2.50 bits per heavy atom. The Hall–Kier alpha value is -1.10. The van der Waals surface area contributed by atoms with E-state index in [1.807, 2.05) is 12.5 Å². The summed E-state index contributed by atoms with van der Waals surface area (Å²) in [7, 11) is 0. The van der Waals surface area contributed by atoms with Gasteiger partial charge in [-0.1, -0.05) is 11.8 Å². The summed E-state index contributed by atoms with van der Waals surface area (Å²) in [6.07, 6.45) is 5.50. The number of fused-ring (bicyclic) bond motifs is 1. The number of thioether (sulfide) groups is 1. The molecule has 74 valence electrons. The van der Waals surface area contributed by atoms with E-state index in [0.29, 0.717) is 6.54 Å². The van der Waals surface area contributed by atoms with Gasteiger partial charge in [0.25, 0.3) is 0 Å². The van der Waals surface area contributed by atoms with Gasteiger partial charge in [-0.25, -0.2) is 9.97 Å². The molecule has 0 atom stereocenters. The zero-order chi connectivity index (χ0) is 9.97. The van der Waals surface area contributed by atoms with Crippen molar-refractivity contribution in [3.63, 3.8) is 0 Å². The Morgan fingerprint density at radius 1 is 1.64 bits per heavy atom. The Balaban J connectivity index is 2.27. The van der Waals surface area contributed by atoms with E-state index in [2.05, 4.69) is 9.97 Å². The minimum Gasteiger partial charge on any atom is -0.340 e. The lowest BCUT2D eigenvalue weighted by molar-refractivity contribution is -0.118. The summed E-state index contributed by atoms with van der Waals surface area (Å²) < 4.78 is 0. The lowest BCUT2D eigenvalue weighted by atomic mass is 10.1. The first-order valence-electron chi connectivity index (χ1n) is 4.41. The molecule has 0 saturated heterocycles. The molecule has 0 spiro atoms. The first-order chi connectivity index (χ1) is 6.83. The van der Waals surface area contributed by atoms with Crippen molar-refractivity contribution in [2.24, 2.45) is 0 Å². The second-order valence-electron chi connectivity index (χ2n) is 3.15. The van der Waals surface area contributed by atoms with Crippen LogP contribution in [0.15, 0.2) is 11.4 Å². The third kappa shape index (κ3) is 1.72. The number of carbonyl (C=O) groups excluding carboxylic acids is 1. The molecule has 0 fully saturated rings. The first-order valence-corrected chi connectivity index (χ1v) is 5.64. The highest BCUT2D eigenvalue weighted by atomic mass is 32.2. The standard InChI is InChI=1S/C9H11N3OS/c1-14-9-10-4-7-5-12(6-13)3-2-8(7)11-9/h4,6H,2-3,5H2,1H3. The number of nitrogens with zero attached hydrogens (tertiary/aromatic N) is 3. The maximum atomic E-state index is 10.6.